The molecule has 0 N–H and O–H groups in total. The Morgan fingerprint density at radius 1 is 0.143 bits per heavy atom. The minimum atomic E-state index is 0.736. The third-order valence-corrected chi connectivity index (χ3v) is 13.6. The summed E-state index contributed by atoms with van der Waals surface area (Å²) in [6.45, 7) is 0. The lowest BCUT2D eigenvalue weighted by Crippen LogP contribution is -2.10. The van der Waals surface area contributed by atoms with Gasteiger partial charge in [0.25, 0.3) is 0 Å². The zero-order valence-electron chi connectivity index (χ0n) is 42.3. The van der Waals surface area contributed by atoms with E-state index >= 15 is 0 Å². The highest BCUT2D eigenvalue weighted by Gasteiger charge is 2.17. The predicted octanol–water partition coefficient (Wildman–Crippen LogP) is 20.7. The van der Waals surface area contributed by atoms with E-state index in [4.69, 9.17) is 9.47 Å². The zero-order valence-corrected chi connectivity index (χ0v) is 42.3. The first-order chi connectivity index (χ1) is 38.1. The molecule has 0 spiro atoms. The van der Waals surface area contributed by atoms with Gasteiger partial charge in [-0.1, -0.05) is 164 Å². The molecule has 0 fully saturated rings. The predicted molar refractivity (Wildman–Crippen MR) is 320 cm³/mol. The molecule has 5 heteroatoms. The minimum absolute atomic E-state index is 0.736. The van der Waals surface area contributed by atoms with Gasteiger partial charge in [-0.15, -0.1) is 0 Å². The van der Waals surface area contributed by atoms with E-state index in [1.54, 1.807) is 0 Å². The number of anilines is 9. The van der Waals surface area contributed by atoms with Gasteiger partial charge in [-0.3, -0.25) is 0 Å². The molecule has 0 aliphatic rings. The summed E-state index contributed by atoms with van der Waals surface area (Å²) in [5, 5.41) is 0. The Kier molecular flexibility index (Phi) is 13.9. The second-order valence-corrected chi connectivity index (χ2v) is 18.6. The summed E-state index contributed by atoms with van der Waals surface area (Å²) in [6.07, 6.45) is 0. The molecule has 5 nitrogen and oxygen atoms in total. The van der Waals surface area contributed by atoms with Crippen LogP contribution in [-0.4, -0.2) is 0 Å². The molecular weight excluding hydrogens is 939 g/mol. The minimum Gasteiger partial charge on any atom is -0.457 e. The number of hydrogen-bond donors (Lipinski definition) is 0. The first-order valence-electron chi connectivity index (χ1n) is 25.9. The molecule has 0 aromatic heterocycles. The van der Waals surface area contributed by atoms with Gasteiger partial charge in [0.15, 0.2) is 0 Å². The number of para-hydroxylation sites is 2. The molecule has 0 atom stereocenters. The summed E-state index contributed by atoms with van der Waals surface area (Å²) in [5.41, 5.74) is 16.4. The molecule has 0 heterocycles. The topological polar surface area (TPSA) is 28.2 Å². The Balaban J connectivity index is 0.775. The number of nitrogens with zero attached hydrogens (tertiary/aromatic N) is 3. The normalized spacial score (nSPS) is 10.9. The van der Waals surface area contributed by atoms with Crippen molar-refractivity contribution in [3.05, 3.63) is 322 Å². The van der Waals surface area contributed by atoms with E-state index < -0.39 is 0 Å². The first kappa shape index (κ1) is 47.6. The van der Waals surface area contributed by atoms with Gasteiger partial charge in [0, 0.05) is 51.2 Å². The van der Waals surface area contributed by atoms with Crippen molar-refractivity contribution in [1.29, 1.82) is 0 Å². The fourth-order valence-electron chi connectivity index (χ4n) is 9.72. The number of hydrogen-bond acceptors (Lipinski definition) is 5. The van der Waals surface area contributed by atoms with Crippen LogP contribution in [0.3, 0.4) is 0 Å². The fourth-order valence-corrected chi connectivity index (χ4v) is 9.72. The Morgan fingerprint density at radius 2 is 0.299 bits per heavy atom. The zero-order chi connectivity index (χ0) is 51.6. The molecule has 0 amide bonds. The molecule has 0 bridgehead atoms. The second kappa shape index (κ2) is 22.4. The molecule has 0 aliphatic heterocycles. The van der Waals surface area contributed by atoms with Gasteiger partial charge < -0.3 is 24.2 Å². The summed E-state index contributed by atoms with van der Waals surface area (Å²) in [7, 11) is 0. The van der Waals surface area contributed by atoms with Crippen LogP contribution < -0.4 is 24.2 Å². The van der Waals surface area contributed by atoms with Crippen LogP contribution in [0.15, 0.2) is 322 Å². The quantitative estimate of drug-likeness (QED) is 0.0962. The molecule has 0 radical (unpaired) electrons. The maximum Gasteiger partial charge on any atom is 0.127 e. The van der Waals surface area contributed by atoms with Crippen molar-refractivity contribution in [2.24, 2.45) is 0 Å². The summed E-state index contributed by atoms with van der Waals surface area (Å²) in [6, 6.07) is 112. The second-order valence-electron chi connectivity index (χ2n) is 18.6. The number of rotatable bonds is 16. The van der Waals surface area contributed by atoms with Crippen LogP contribution in [0.25, 0.3) is 33.4 Å². The highest BCUT2D eigenvalue weighted by molar-refractivity contribution is 5.82. The standard InChI is InChI=1S/C72H53N3O2/c1-6-16-54(17-7-1)57-26-32-62(33-27-57)73(60-22-12-4-13-23-60)65-38-46-69(47-39-65)76-71-50-42-67(43-51-71)75(64-36-30-59(31-37-64)56-20-10-3-11-21-56)68-44-52-72(53-45-68)77-70-48-40-66(41-49-70)74(61-24-14-5-15-25-61)63-34-28-58(29-35-63)55-18-8-2-9-19-55/h1-53H. The lowest BCUT2D eigenvalue weighted by Gasteiger charge is -2.26. The maximum atomic E-state index is 6.50. The van der Waals surface area contributed by atoms with Crippen molar-refractivity contribution >= 4 is 51.2 Å². The van der Waals surface area contributed by atoms with E-state index in [-0.39, 0.29) is 0 Å². The van der Waals surface area contributed by atoms with Crippen molar-refractivity contribution in [2.75, 3.05) is 14.7 Å². The van der Waals surface area contributed by atoms with Crippen LogP contribution in [0.1, 0.15) is 0 Å². The van der Waals surface area contributed by atoms with Crippen LogP contribution in [0, 0.1) is 0 Å². The number of benzene rings is 12. The molecule has 12 aromatic carbocycles. The SMILES string of the molecule is c1ccc(-c2ccc(N(c3ccccc3)c3ccc(Oc4ccc(N(c5ccc(Oc6ccc(N(c7ccccc7)c7ccc(-c8ccccc8)cc7)cc6)cc5)c5ccc(-c6ccccc6)cc5)cc4)cc3)cc2)cc1. The summed E-state index contributed by atoms with van der Waals surface area (Å²) < 4.78 is 13.0. The molecule has 368 valence electrons. The Morgan fingerprint density at radius 3 is 0.506 bits per heavy atom. The lowest BCUT2D eigenvalue weighted by molar-refractivity contribution is 0.482. The lowest BCUT2D eigenvalue weighted by atomic mass is 10.0. The fraction of sp³-hybridized carbons (Fsp3) is 0. The van der Waals surface area contributed by atoms with Crippen molar-refractivity contribution in [1.82, 2.24) is 0 Å². The van der Waals surface area contributed by atoms with E-state index in [0.29, 0.717) is 0 Å². The van der Waals surface area contributed by atoms with Gasteiger partial charge in [-0.25, -0.2) is 0 Å². The van der Waals surface area contributed by atoms with Crippen LogP contribution in [0.2, 0.25) is 0 Å². The van der Waals surface area contributed by atoms with E-state index in [1.807, 2.05) is 78.9 Å². The average Bonchev–Trinajstić information content (AvgIpc) is 3.51. The molecule has 0 saturated heterocycles. The van der Waals surface area contributed by atoms with Crippen molar-refractivity contribution in [3.8, 4) is 56.4 Å². The molecular formula is C72H53N3O2. The Labute approximate surface area is 451 Å². The van der Waals surface area contributed by atoms with E-state index in [2.05, 4.69) is 257 Å². The van der Waals surface area contributed by atoms with E-state index in [1.165, 1.54) is 27.8 Å². The highest BCUT2D eigenvalue weighted by Crippen LogP contribution is 2.41. The molecule has 77 heavy (non-hydrogen) atoms. The van der Waals surface area contributed by atoms with Gasteiger partial charge in [0.1, 0.15) is 23.0 Å². The van der Waals surface area contributed by atoms with Gasteiger partial charge in [-0.2, -0.15) is 0 Å². The van der Waals surface area contributed by atoms with Crippen LogP contribution in [0.5, 0.6) is 23.0 Å². The molecule has 0 saturated carbocycles. The largest absolute Gasteiger partial charge is 0.457 e. The highest BCUT2D eigenvalue weighted by atomic mass is 16.5. The van der Waals surface area contributed by atoms with Crippen LogP contribution >= 0.6 is 0 Å². The Hall–Kier alpha value is -10.4. The van der Waals surface area contributed by atoms with Gasteiger partial charge in [0.2, 0.25) is 0 Å². The van der Waals surface area contributed by atoms with Gasteiger partial charge in [0.05, 0.1) is 0 Å². The third kappa shape index (κ3) is 11.0. The Bertz CT molecular complexity index is 3550. The summed E-state index contributed by atoms with van der Waals surface area (Å²) in [4.78, 5) is 6.77. The van der Waals surface area contributed by atoms with Crippen molar-refractivity contribution < 1.29 is 9.47 Å². The molecule has 12 aromatic rings. The van der Waals surface area contributed by atoms with Crippen molar-refractivity contribution in [2.45, 2.75) is 0 Å². The van der Waals surface area contributed by atoms with Crippen molar-refractivity contribution in [3.63, 3.8) is 0 Å². The maximum absolute atomic E-state index is 6.50. The molecule has 0 unspecified atom stereocenters. The van der Waals surface area contributed by atoms with E-state index in [0.717, 1.165) is 79.7 Å². The summed E-state index contributed by atoms with van der Waals surface area (Å²) in [5.74, 6) is 2.96. The van der Waals surface area contributed by atoms with E-state index in [9.17, 15) is 0 Å². The van der Waals surface area contributed by atoms with Gasteiger partial charge >= 0.3 is 0 Å². The first-order valence-corrected chi connectivity index (χ1v) is 25.9. The van der Waals surface area contributed by atoms with Crippen LogP contribution in [0.4, 0.5) is 51.2 Å². The smallest absolute Gasteiger partial charge is 0.127 e. The third-order valence-electron chi connectivity index (χ3n) is 13.6. The van der Waals surface area contributed by atoms with Gasteiger partial charge in [-0.05, 0) is 191 Å². The summed E-state index contributed by atoms with van der Waals surface area (Å²) >= 11 is 0. The number of ether oxygens (including phenoxy) is 2. The van der Waals surface area contributed by atoms with Crippen LogP contribution in [-0.2, 0) is 0 Å². The monoisotopic (exact) mass is 991 g/mol. The average molecular weight is 992 g/mol. The molecule has 12 rings (SSSR count). The molecule has 0 aliphatic carbocycles.